The van der Waals surface area contributed by atoms with Gasteiger partial charge >= 0.3 is 0 Å². The number of para-hydroxylation sites is 6. The zero-order valence-corrected chi connectivity index (χ0v) is 53.8. The van der Waals surface area contributed by atoms with Crippen molar-refractivity contribution < 1.29 is 22.1 Å². The second-order valence-corrected chi connectivity index (χ2v) is 23.0. The third-order valence-corrected chi connectivity index (χ3v) is 16.7. The van der Waals surface area contributed by atoms with Crippen molar-refractivity contribution in [3.05, 3.63) is 288 Å². The van der Waals surface area contributed by atoms with Gasteiger partial charge in [-0.05, 0) is 162 Å². The highest BCUT2D eigenvalue weighted by Gasteiger charge is 2.21. The maximum Gasteiger partial charge on any atom is 0.229 e. The Balaban J connectivity index is 0.000000161. The second kappa shape index (κ2) is 26.4. The van der Waals surface area contributed by atoms with Gasteiger partial charge in [-0.1, -0.05) is 133 Å². The van der Waals surface area contributed by atoms with E-state index in [1.54, 1.807) is 0 Å². The SMILES string of the molecule is Brc1ccc2c(c1)oc1nc(Br)ccc12.C.S.S=S.c1ccc(N(c2ccc3c(c2)oc2ccccc23)c2ccc3c(c2)oc2nc(N(c4ccccc4)c4ccc5c(c4)oc4ccccc45)ccc23)cc1.c1ccc(Nc2ccc3c(c2)oc2ccccc23)cc1. The zero-order valence-electron chi connectivity index (χ0n) is 48.0. The van der Waals surface area contributed by atoms with Crippen LogP contribution in [0.4, 0.5) is 45.6 Å². The number of nitrogens with one attached hydrogen (secondary N) is 1. The Kier molecular flexibility index (Phi) is 17.4. The molecule has 0 amide bonds. The number of benzene rings is 11. The van der Waals surface area contributed by atoms with Crippen LogP contribution in [-0.4, -0.2) is 9.97 Å². The number of nitrogens with zero attached hydrogens (tertiary/aromatic N) is 4. The van der Waals surface area contributed by atoms with Crippen LogP contribution in [0.15, 0.2) is 310 Å². The quantitative estimate of drug-likeness (QED) is 0.146. The standard InChI is InChI=1S/C47H29N3O3.C18H13NO.C11H5Br2NO.CH4.S2.H2S/c1-3-11-30(12-4-1)49(32-19-22-37-35-15-7-9-17-41(35)51-43(37)27-32)33-20-24-39-40-25-26-46(48-47(40)53-45(39)28-33)50(31-13-5-2-6-14-31)34-21-23-38-36-16-8-10-18-42(36)52-44(38)29-34;1-2-6-13(7-3-1)19-14-10-11-16-15-8-4-5-9-17(15)20-18(16)12-14;12-6-1-2-7-8-3-4-10(13)14-11(8)15-9(7)5-6;;1-2;/h1-29H;1-12,19H;1-5H;1H4;;1H2. The van der Waals surface area contributed by atoms with Gasteiger partial charge in [0.25, 0.3) is 0 Å². The summed E-state index contributed by atoms with van der Waals surface area (Å²) >= 11 is 14.1. The predicted molar refractivity (Wildman–Crippen MR) is 398 cm³/mol. The minimum atomic E-state index is 0. The first kappa shape index (κ1) is 60.8. The Hall–Kier alpha value is -10.1. The van der Waals surface area contributed by atoms with Crippen molar-refractivity contribution in [2.45, 2.75) is 7.43 Å². The van der Waals surface area contributed by atoms with Gasteiger partial charge in [-0.15, -0.1) is 0 Å². The predicted octanol–water partition coefficient (Wildman–Crippen LogP) is 24.3. The lowest BCUT2D eigenvalue weighted by Gasteiger charge is -2.25. The summed E-state index contributed by atoms with van der Waals surface area (Å²) in [5.74, 6) is 0.739. The Labute approximate surface area is 561 Å². The van der Waals surface area contributed by atoms with E-state index in [9.17, 15) is 0 Å². The highest BCUT2D eigenvalue weighted by atomic mass is 79.9. The van der Waals surface area contributed by atoms with Crippen LogP contribution in [0.1, 0.15) is 7.43 Å². The molecule has 7 heterocycles. The molecular weight excluding hydrogens is 1330 g/mol. The first-order valence-corrected chi connectivity index (χ1v) is 31.7. The molecule has 0 unspecified atom stereocenters. The lowest BCUT2D eigenvalue weighted by atomic mass is 10.1. The number of rotatable bonds is 8. The Morgan fingerprint density at radius 1 is 0.293 bits per heavy atom. The summed E-state index contributed by atoms with van der Waals surface area (Å²) in [7, 11) is 0. The summed E-state index contributed by atoms with van der Waals surface area (Å²) in [5.41, 5.74) is 15.1. The van der Waals surface area contributed by atoms with Gasteiger partial charge in [-0.25, -0.2) is 4.98 Å². The first-order chi connectivity index (χ1) is 44.4. The fourth-order valence-corrected chi connectivity index (χ4v) is 12.4. The highest BCUT2D eigenvalue weighted by molar-refractivity contribution is 9.10. The van der Waals surface area contributed by atoms with E-state index in [4.69, 9.17) is 27.1 Å². The molecule has 0 saturated carbocycles. The van der Waals surface area contributed by atoms with Crippen LogP contribution in [0.5, 0.6) is 0 Å². The number of hydrogen-bond donors (Lipinski definition) is 1. The van der Waals surface area contributed by atoms with Crippen molar-refractivity contribution in [2.75, 3.05) is 15.1 Å². The average molecular weight is 1380 g/mol. The summed E-state index contributed by atoms with van der Waals surface area (Å²) in [6.07, 6.45) is 0. The number of fused-ring (bicyclic) bond motifs is 15. The monoisotopic (exact) mass is 1380 g/mol. The zero-order chi connectivity index (χ0) is 60.7. The van der Waals surface area contributed by atoms with E-state index in [1.165, 1.54) is 0 Å². The minimum absolute atomic E-state index is 0. The maximum absolute atomic E-state index is 6.60. The van der Waals surface area contributed by atoms with E-state index in [2.05, 4.69) is 208 Å². The van der Waals surface area contributed by atoms with Crippen molar-refractivity contribution in [2.24, 2.45) is 0 Å². The van der Waals surface area contributed by atoms with Gasteiger partial charge in [0.1, 0.15) is 55.1 Å². The summed E-state index contributed by atoms with van der Waals surface area (Å²) in [6.45, 7) is 0. The molecule has 0 bridgehead atoms. The van der Waals surface area contributed by atoms with Crippen LogP contribution in [0, 0.1) is 0 Å². The first-order valence-electron chi connectivity index (χ1n) is 28.8. The van der Waals surface area contributed by atoms with Crippen LogP contribution in [0.2, 0.25) is 0 Å². The van der Waals surface area contributed by atoms with E-state index in [0.717, 1.165) is 153 Å². The van der Waals surface area contributed by atoms with Gasteiger partial charge in [0, 0.05) is 139 Å². The van der Waals surface area contributed by atoms with Crippen molar-refractivity contribution in [1.82, 2.24) is 9.97 Å². The van der Waals surface area contributed by atoms with Crippen molar-refractivity contribution in [3.63, 3.8) is 0 Å². The molecule has 448 valence electrons. The van der Waals surface area contributed by atoms with Crippen molar-refractivity contribution >= 4 is 223 Å². The molecule has 18 aromatic rings. The molecule has 0 saturated heterocycles. The number of anilines is 8. The van der Waals surface area contributed by atoms with E-state index in [-0.39, 0.29) is 20.9 Å². The van der Waals surface area contributed by atoms with Crippen LogP contribution in [0.25, 0.3) is 110 Å². The van der Waals surface area contributed by atoms with Crippen LogP contribution in [0.3, 0.4) is 0 Å². The topological polar surface area (TPSA) is 110 Å². The van der Waals surface area contributed by atoms with E-state index < -0.39 is 0 Å². The normalized spacial score (nSPS) is 11.1. The molecule has 92 heavy (non-hydrogen) atoms. The fourth-order valence-electron chi connectivity index (χ4n) is 11.7. The van der Waals surface area contributed by atoms with E-state index in [0.29, 0.717) is 11.4 Å². The van der Waals surface area contributed by atoms with Gasteiger partial charge < -0.3 is 32.3 Å². The molecule has 0 aliphatic rings. The molecule has 15 heteroatoms. The molecule has 0 radical (unpaired) electrons. The molecular formula is C77H53Br2N5O5S3. The smallest absolute Gasteiger partial charge is 0.229 e. The number of pyridine rings is 2. The molecule has 18 rings (SSSR count). The molecule has 0 aliphatic heterocycles. The Bertz CT molecular complexity index is 5390. The van der Waals surface area contributed by atoms with Crippen LogP contribution >= 0.6 is 45.4 Å². The number of hydrogen-bond acceptors (Lipinski definition) is 12. The third kappa shape index (κ3) is 11.7. The molecule has 11 aromatic carbocycles. The lowest BCUT2D eigenvalue weighted by molar-refractivity contribution is 0.652. The number of aromatic nitrogens is 2. The van der Waals surface area contributed by atoms with E-state index in [1.807, 2.05) is 146 Å². The molecule has 1 N–H and O–H groups in total. The van der Waals surface area contributed by atoms with Gasteiger partial charge in [0.2, 0.25) is 11.4 Å². The average Bonchev–Trinajstić information content (AvgIpc) is 1.57. The maximum atomic E-state index is 6.60. The molecule has 0 spiro atoms. The highest BCUT2D eigenvalue weighted by Crippen LogP contribution is 2.43. The minimum Gasteiger partial charge on any atom is -0.456 e. The number of furan rings is 5. The van der Waals surface area contributed by atoms with Gasteiger partial charge in [-0.2, -0.15) is 18.5 Å². The molecule has 0 fully saturated rings. The largest absolute Gasteiger partial charge is 0.456 e. The van der Waals surface area contributed by atoms with Crippen molar-refractivity contribution in [3.8, 4) is 0 Å². The van der Waals surface area contributed by atoms with E-state index >= 15 is 0 Å². The summed E-state index contributed by atoms with van der Waals surface area (Å²) in [6, 6.07) is 94.5. The van der Waals surface area contributed by atoms with Crippen LogP contribution < -0.4 is 15.1 Å². The summed E-state index contributed by atoms with van der Waals surface area (Å²) in [4.78, 5) is 13.8. The second-order valence-electron chi connectivity index (χ2n) is 21.2. The lowest BCUT2D eigenvalue weighted by Crippen LogP contribution is -2.11. The van der Waals surface area contributed by atoms with Crippen molar-refractivity contribution in [1.29, 1.82) is 0 Å². The fraction of sp³-hybridized carbons (Fsp3) is 0.0130. The summed E-state index contributed by atoms with van der Waals surface area (Å²) in [5, 5.41) is 14.2. The third-order valence-electron chi connectivity index (χ3n) is 15.8. The molecule has 0 atom stereocenters. The Morgan fingerprint density at radius 3 is 1.20 bits per heavy atom. The Morgan fingerprint density at radius 2 is 0.663 bits per heavy atom. The van der Waals surface area contributed by atoms with Gasteiger partial charge in [0.15, 0.2) is 0 Å². The molecule has 10 nitrogen and oxygen atoms in total. The molecule has 7 aromatic heterocycles. The van der Waals surface area contributed by atoms with Gasteiger partial charge in [-0.3, -0.25) is 4.90 Å². The van der Waals surface area contributed by atoms with Gasteiger partial charge in [0.05, 0.1) is 5.69 Å². The summed E-state index contributed by atoms with van der Waals surface area (Å²) < 4.78 is 32.5. The van der Waals surface area contributed by atoms with Crippen LogP contribution in [-0.2, 0) is 22.4 Å². The molecule has 0 aliphatic carbocycles. The number of halogens is 2.